The van der Waals surface area contributed by atoms with Crippen molar-refractivity contribution in [3.05, 3.63) is 54.3 Å². The summed E-state index contributed by atoms with van der Waals surface area (Å²) in [6.07, 6.45) is 6.47. The molecule has 7 nitrogen and oxygen atoms in total. The normalized spacial score (nSPS) is 27.8. The SMILES string of the molecule is O=C1C2C3C=CC(C3)C2C(=O)N1N=Cc1ccc(Sc2nc3ccccc3[nH]2)o1. The van der Waals surface area contributed by atoms with Gasteiger partial charge in [-0.2, -0.15) is 10.1 Å². The van der Waals surface area contributed by atoms with Crippen molar-refractivity contribution in [2.45, 2.75) is 16.7 Å². The fraction of sp³-hybridized carbons (Fsp3) is 0.238. The smallest absolute Gasteiger partial charge is 0.254 e. The van der Waals surface area contributed by atoms with Crippen LogP contribution in [0.5, 0.6) is 0 Å². The van der Waals surface area contributed by atoms with Gasteiger partial charge < -0.3 is 9.40 Å². The number of carbonyl (C=O) groups excluding carboxylic acids is 2. The maximum atomic E-state index is 12.7. The lowest BCUT2D eigenvalue weighted by atomic mass is 9.85. The highest BCUT2D eigenvalue weighted by Crippen LogP contribution is 2.52. The number of allylic oxidation sites excluding steroid dienone is 2. The lowest BCUT2D eigenvalue weighted by Crippen LogP contribution is -2.28. The van der Waals surface area contributed by atoms with E-state index in [0.29, 0.717) is 10.9 Å². The predicted molar refractivity (Wildman–Crippen MR) is 106 cm³/mol. The van der Waals surface area contributed by atoms with Crippen molar-refractivity contribution in [2.75, 3.05) is 0 Å². The number of benzene rings is 1. The molecule has 29 heavy (non-hydrogen) atoms. The minimum absolute atomic E-state index is 0.178. The van der Waals surface area contributed by atoms with Gasteiger partial charge in [0.25, 0.3) is 11.8 Å². The van der Waals surface area contributed by atoms with Crippen LogP contribution in [0, 0.1) is 23.7 Å². The Labute approximate surface area is 169 Å². The molecule has 2 aromatic heterocycles. The Balaban J connectivity index is 1.18. The van der Waals surface area contributed by atoms with Gasteiger partial charge in [0, 0.05) is 0 Å². The molecular weight excluding hydrogens is 388 g/mol. The second kappa shape index (κ2) is 6.18. The Kier molecular flexibility index (Phi) is 3.58. The molecule has 1 N–H and O–H groups in total. The van der Waals surface area contributed by atoms with Crippen LogP contribution >= 0.6 is 11.8 Å². The molecule has 0 spiro atoms. The number of hydrazone groups is 1. The van der Waals surface area contributed by atoms with E-state index in [1.165, 1.54) is 18.0 Å². The van der Waals surface area contributed by atoms with Crippen molar-refractivity contribution < 1.29 is 14.0 Å². The van der Waals surface area contributed by atoms with Crippen molar-refractivity contribution in [3.63, 3.8) is 0 Å². The number of aromatic nitrogens is 2. The van der Waals surface area contributed by atoms with Crippen LogP contribution in [-0.4, -0.2) is 33.0 Å². The minimum atomic E-state index is -0.245. The molecule has 8 heteroatoms. The van der Waals surface area contributed by atoms with Gasteiger partial charge in [0.2, 0.25) is 0 Å². The van der Waals surface area contributed by atoms with Gasteiger partial charge in [0.05, 0.1) is 29.1 Å². The molecule has 3 aliphatic rings. The summed E-state index contributed by atoms with van der Waals surface area (Å²) >= 11 is 1.37. The highest BCUT2D eigenvalue weighted by molar-refractivity contribution is 7.99. The molecule has 3 heterocycles. The maximum absolute atomic E-state index is 12.7. The van der Waals surface area contributed by atoms with Gasteiger partial charge in [0.15, 0.2) is 10.2 Å². The molecule has 2 bridgehead atoms. The summed E-state index contributed by atoms with van der Waals surface area (Å²) in [6, 6.07) is 11.4. The van der Waals surface area contributed by atoms with Crippen LogP contribution in [0.15, 0.2) is 68.3 Å². The number of imide groups is 1. The number of nitrogens with zero attached hydrogens (tertiary/aromatic N) is 3. The van der Waals surface area contributed by atoms with E-state index in [0.717, 1.165) is 27.6 Å². The second-order valence-corrected chi connectivity index (χ2v) is 8.54. The molecule has 2 fully saturated rings. The molecule has 144 valence electrons. The molecule has 1 saturated carbocycles. The number of hydrogen-bond acceptors (Lipinski definition) is 6. The van der Waals surface area contributed by atoms with Crippen LogP contribution < -0.4 is 0 Å². The highest BCUT2D eigenvalue weighted by atomic mass is 32.2. The summed E-state index contributed by atoms with van der Waals surface area (Å²) in [5.74, 6) is -0.0551. The average molecular weight is 404 g/mol. The number of carbonyl (C=O) groups is 2. The van der Waals surface area contributed by atoms with Gasteiger partial charge in [-0.25, -0.2) is 4.98 Å². The molecule has 1 aliphatic heterocycles. The summed E-state index contributed by atoms with van der Waals surface area (Å²) in [5, 5.41) is 6.54. The van der Waals surface area contributed by atoms with Crippen molar-refractivity contribution in [1.29, 1.82) is 0 Å². The molecule has 6 rings (SSSR count). The van der Waals surface area contributed by atoms with Crippen molar-refractivity contribution in [2.24, 2.45) is 28.8 Å². The third-order valence-electron chi connectivity index (χ3n) is 5.91. The number of aromatic amines is 1. The third kappa shape index (κ3) is 2.59. The summed E-state index contributed by atoms with van der Waals surface area (Å²) < 4.78 is 5.75. The zero-order chi connectivity index (χ0) is 19.5. The molecule has 1 aromatic carbocycles. The van der Waals surface area contributed by atoms with E-state index in [4.69, 9.17) is 4.42 Å². The fourth-order valence-corrected chi connectivity index (χ4v) is 5.42. The molecule has 2 amide bonds. The molecule has 4 atom stereocenters. The summed E-state index contributed by atoms with van der Waals surface area (Å²) in [7, 11) is 0. The molecule has 2 aliphatic carbocycles. The minimum Gasteiger partial charge on any atom is -0.448 e. The number of amides is 2. The zero-order valence-corrected chi connectivity index (χ0v) is 16.0. The molecule has 4 unspecified atom stereocenters. The third-order valence-corrected chi connectivity index (χ3v) is 6.72. The van der Waals surface area contributed by atoms with Crippen molar-refractivity contribution in [3.8, 4) is 0 Å². The Bertz CT molecular complexity index is 1150. The van der Waals surface area contributed by atoms with Gasteiger partial charge in [-0.1, -0.05) is 24.3 Å². The van der Waals surface area contributed by atoms with E-state index in [1.807, 2.05) is 30.3 Å². The fourth-order valence-electron chi connectivity index (χ4n) is 4.65. The van der Waals surface area contributed by atoms with Crippen LogP contribution in [0.25, 0.3) is 11.0 Å². The topological polar surface area (TPSA) is 91.6 Å². The van der Waals surface area contributed by atoms with E-state index < -0.39 is 0 Å². The molecule has 3 aromatic rings. The number of nitrogens with one attached hydrogen (secondary N) is 1. The van der Waals surface area contributed by atoms with Gasteiger partial charge in [-0.3, -0.25) is 9.59 Å². The maximum Gasteiger partial charge on any atom is 0.254 e. The standard InChI is InChI=1S/C21H16N4O3S/c26-19-17-11-5-6-12(9-11)18(17)20(27)25(19)22-10-13-7-8-16(28-13)29-21-23-14-3-1-2-4-15(14)24-21/h1-8,10-12,17-18H,9H2,(H,23,24). The van der Waals surface area contributed by atoms with Crippen LogP contribution in [-0.2, 0) is 9.59 Å². The first-order chi connectivity index (χ1) is 14.2. The average Bonchev–Trinajstić information content (AvgIpc) is 3.51. The summed E-state index contributed by atoms with van der Waals surface area (Å²) in [6.45, 7) is 0. The highest BCUT2D eigenvalue weighted by Gasteiger charge is 2.59. The first-order valence-corrected chi connectivity index (χ1v) is 10.3. The Hall–Kier alpha value is -3.13. The molecule has 0 radical (unpaired) electrons. The van der Waals surface area contributed by atoms with Crippen molar-refractivity contribution >= 4 is 40.8 Å². The van der Waals surface area contributed by atoms with E-state index in [-0.39, 0.29) is 35.5 Å². The number of para-hydroxylation sites is 2. The number of imidazole rings is 1. The summed E-state index contributed by atoms with van der Waals surface area (Å²) in [5.41, 5.74) is 1.85. The lowest BCUT2D eigenvalue weighted by molar-refractivity contribution is -0.140. The van der Waals surface area contributed by atoms with E-state index in [2.05, 4.69) is 27.2 Å². The van der Waals surface area contributed by atoms with Gasteiger partial charge >= 0.3 is 0 Å². The monoisotopic (exact) mass is 404 g/mol. The molecular formula is C21H16N4O3S. The van der Waals surface area contributed by atoms with E-state index in [1.54, 1.807) is 6.07 Å². The summed E-state index contributed by atoms with van der Waals surface area (Å²) in [4.78, 5) is 33.0. The number of H-pyrrole nitrogens is 1. The largest absolute Gasteiger partial charge is 0.448 e. The lowest BCUT2D eigenvalue weighted by Gasteiger charge is -2.13. The van der Waals surface area contributed by atoms with Crippen LogP contribution in [0.1, 0.15) is 12.2 Å². The van der Waals surface area contributed by atoms with Crippen LogP contribution in [0.3, 0.4) is 0 Å². The first kappa shape index (κ1) is 16.8. The molecule has 1 saturated heterocycles. The first-order valence-electron chi connectivity index (χ1n) is 9.50. The second-order valence-electron chi connectivity index (χ2n) is 7.55. The van der Waals surface area contributed by atoms with Gasteiger partial charge in [-0.05, 0) is 54.3 Å². The number of fused-ring (bicyclic) bond motifs is 6. The van der Waals surface area contributed by atoms with E-state index in [9.17, 15) is 9.59 Å². The van der Waals surface area contributed by atoms with Gasteiger partial charge in [-0.15, -0.1) is 0 Å². The Morgan fingerprint density at radius 3 is 2.62 bits per heavy atom. The predicted octanol–water partition coefficient (Wildman–Crippen LogP) is 3.45. The van der Waals surface area contributed by atoms with Crippen LogP contribution in [0.2, 0.25) is 0 Å². The Morgan fingerprint density at radius 2 is 1.86 bits per heavy atom. The van der Waals surface area contributed by atoms with Crippen molar-refractivity contribution in [1.82, 2.24) is 15.0 Å². The van der Waals surface area contributed by atoms with Gasteiger partial charge in [0.1, 0.15) is 5.76 Å². The van der Waals surface area contributed by atoms with Crippen LogP contribution in [0.4, 0.5) is 0 Å². The number of furan rings is 1. The Morgan fingerprint density at radius 1 is 1.10 bits per heavy atom. The number of hydrogen-bond donors (Lipinski definition) is 1. The van der Waals surface area contributed by atoms with E-state index >= 15 is 0 Å². The number of rotatable bonds is 4. The quantitative estimate of drug-likeness (QED) is 0.409. The zero-order valence-electron chi connectivity index (χ0n) is 15.2.